The number of hydrogen-bond donors (Lipinski definition) is 0. The van der Waals surface area contributed by atoms with Crippen LogP contribution in [0.4, 0.5) is 0 Å². The SMILES string of the molecule is C/C=C(/C)C(=O)O[C@@H]1C[C@@H](C)[C@](C)(CC/C(C)=C/C(=O)OC)[C@H]2CCC=C(C)[C@@]21C. The van der Waals surface area contributed by atoms with E-state index in [1.54, 1.807) is 6.08 Å². The van der Waals surface area contributed by atoms with Crippen LogP contribution in [-0.4, -0.2) is 25.2 Å². The molecular weight excluding hydrogens is 376 g/mol. The molecular formula is C26H40O4. The molecule has 0 aromatic carbocycles. The number of carbonyl (C=O) groups excluding carboxylic acids is 2. The first-order valence-corrected chi connectivity index (χ1v) is 11.3. The van der Waals surface area contributed by atoms with Crippen molar-refractivity contribution in [2.45, 2.75) is 86.7 Å². The molecule has 0 aliphatic heterocycles. The minimum Gasteiger partial charge on any atom is -0.466 e. The summed E-state index contributed by atoms with van der Waals surface area (Å²) in [5.74, 6) is 0.347. The van der Waals surface area contributed by atoms with Crippen molar-refractivity contribution in [1.29, 1.82) is 0 Å². The van der Waals surface area contributed by atoms with E-state index in [2.05, 4.69) is 33.8 Å². The van der Waals surface area contributed by atoms with Gasteiger partial charge in [0.25, 0.3) is 0 Å². The number of ether oxygens (including phenoxy) is 2. The molecule has 5 atom stereocenters. The number of allylic oxidation sites excluding steroid dienone is 3. The highest BCUT2D eigenvalue weighted by Gasteiger charge is 2.58. The van der Waals surface area contributed by atoms with E-state index in [-0.39, 0.29) is 28.9 Å². The van der Waals surface area contributed by atoms with Gasteiger partial charge in [0.2, 0.25) is 0 Å². The molecule has 0 unspecified atom stereocenters. The molecule has 2 aliphatic rings. The van der Waals surface area contributed by atoms with Crippen molar-refractivity contribution in [2.24, 2.45) is 22.7 Å². The van der Waals surface area contributed by atoms with Crippen molar-refractivity contribution in [2.75, 3.05) is 7.11 Å². The van der Waals surface area contributed by atoms with Gasteiger partial charge in [0.1, 0.15) is 6.10 Å². The third-order valence-corrected chi connectivity index (χ3v) is 8.27. The van der Waals surface area contributed by atoms with Crippen LogP contribution in [0.2, 0.25) is 0 Å². The molecule has 0 saturated heterocycles. The van der Waals surface area contributed by atoms with E-state index in [1.165, 1.54) is 12.7 Å². The molecule has 168 valence electrons. The van der Waals surface area contributed by atoms with E-state index in [0.717, 1.165) is 37.7 Å². The number of hydrogen-bond acceptors (Lipinski definition) is 4. The monoisotopic (exact) mass is 416 g/mol. The van der Waals surface area contributed by atoms with Gasteiger partial charge in [-0.3, -0.25) is 0 Å². The topological polar surface area (TPSA) is 52.6 Å². The average Bonchev–Trinajstić information content (AvgIpc) is 2.71. The fraction of sp³-hybridized carbons (Fsp3) is 0.692. The Labute approximate surface area is 182 Å². The highest BCUT2D eigenvalue weighted by atomic mass is 16.5. The summed E-state index contributed by atoms with van der Waals surface area (Å²) >= 11 is 0. The lowest BCUT2D eigenvalue weighted by Gasteiger charge is -2.60. The Morgan fingerprint density at radius 3 is 2.53 bits per heavy atom. The Bertz CT molecular complexity index is 759. The molecule has 0 radical (unpaired) electrons. The van der Waals surface area contributed by atoms with Crippen molar-refractivity contribution in [3.8, 4) is 0 Å². The highest BCUT2D eigenvalue weighted by molar-refractivity contribution is 5.87. The minimum absolute atomic E-state index is 0.105. The van der Waals surface area contributed by atoms with Gasteiger partial charge in [0, 0.05) is 17.1 Å². The van der Waals surface area contributed by atoms with Crippen LogP contribution in [0, 0.1) is 22.7 Å². The first-order chi connectivity index (χ1) is 14.0. The summed E-state index contributed by atoms with van der Waals surface area (Å²) in [5, 5.41) is 0. The van der Waals surface area contributed by atoms with Gasteiger partial charge in [0.05, 0.1) is 7.11 Å². The van der Waals surface area contributed by atoms with Gasteiger partial charge in [-0.15, -0.1) is 0 Å². The summed E-state index contributed by atoms with van der Waals surface area (Å²) in [6.45, 7) is 14.9. The van der Waals surface area contributed by atoms with E-state index in [4.69, 9.17) is 9.47 Å². The van der Waals surface area contributed by atoms with Crippen molar-refractivity contribution in [1.82, 2.24) is 0 Å². The third-order valence-electron chi connectivity index (χ3n) is 8.27. The standard InChI is InChI=1S/C26H40O4/c1-9-18(3)24(28)30-22-16-20(5)25(6,14-13-17(2)15-23(27)29-8)21-12-10-11-19(4)26(21,22)7/h9,11,15,20-22H,10,12-14,16H2,1-8H3/b17-15+,18-9-/t20-,21-,22-,25+,26+/m1/s1. The van der Waals surface area contributed by atoms with Crippen molar-refractivity contribution in [3.63, 3.8) is 0 Å². The summed E-state index contributed by atoms with van der Waals surface area (Å²) < 4.78 is 10.9. The fourth-order valence-corrected chi connectivity index (χ4v) is 5.66. The molecule has 2 rings (SSSR count). The molecule has 0 bridgehead atoms. The largest absolute Gasteiger partial charge is 0.466 e. The lowest BCUT2D eigenvalue weighted by atomic mass is 9.46. The smallest absolute Gasteiger partial charge is 0.333 e. The molecule has 0 spiro atoms. The molecule has 2 aliphatic carbocycles. The number of fused-ring (bicyclic) bond motifs is 1. The molecule has 0 N–H and O–H groups in total. The maximum atomic E-state index is 12.6. The average molecular weight is 417 g/mol. The predicted octanol–water partition coefficient (Wildman–Crippen LogP) is 6.17. The molecule has 1 saturated carbocycles. The molecule has 1 fully saturated rings. The predicted molar refractivity (Wildman–Crippen MR) is 121 cm³/mol. The Hall–Kier alpha value is -1.84. The van der Waals surface area contributed by atoms with Gasteiger partial charge in [-0.05, 0) is 77.0 Å². The van der Waals surface area contributed by atoms with E-state index in [0.29, 0.717) is 17.4 Å². The molecule has 0 aromatic heterocycles. The first-order valence-electron chi connectivity index (χ1n) is 11.3. The van der Waals surface area contributed by atoms with E-state index in [1.807, 2.05) is 26.8 Å². The quantitative estimate of drug-likeness (QED) is 0.295. The van der Waals surface area contributed by atoms with Gasteiger partial charge in [-0.2, -0.15) is 0 Å². The van der Waals surface area contributed by atoms with Crippen LogP contribution in [0.25, 0.3) is 0 Å². The summed E-state index contributed by atoms with van der Waals surface area (Å²) in [6, 6.07) is 0. The third kappa shape index (κ3) is 4.58. The zero-order valence-corrected chi connectivity index (χ0v) is 20.1. The second-order valence-corrected chi connectivity index (χ2v) is 9.82. The van der Waals surface area contributed by atoms with E-state index >= 15 is 0 Å². The summed E-state index contributed by atoms with van der Waals surface area (Å²) in [7, 11) is 1.41. The maximum absolute atomic E-state index is 12.6. The normalized spacial score (nSPS) is 34.7. The summed E-state index contributed by atoms with van der Waals surface area (Å²) in [4.78, 5) is 24.2. The van der Waals surface area contributed by atoms with Gasteiger partial charge in [0.15, 0.2) is 0 Å². The molecule has 4 heteroatoms. The fourth-order valence-electron chi connectivity index (χ4n) is 5.66. The number of rotatable bonds is 6. The molecule has 0 amide bonds. The van der Waals surface area contributed by atoms with Crippen LogP contribution < -0.4 is 0 Å². The first kappa shape index (κ1) is 24.4. The molecule has 30 heavy (non-hydrogen) atoms. The van der Waals surface area contributed by atoms with E-state index in [9.17, 15) is 9.59 Å². The molecule has 0 heterocycles. The zero-order valence-electron chi connectivity index (χ0n) is 20.1. The second kappa shape index (κ2) is 9.53. The van der Waals surface area contributed by atoms with Gasteiger partial charge in [-0.1, -0.05) is 44.1 Å². The van der Waals surface area contributed by atoms with Crippen LogP contribution in [-0.2, 0) is 19.1 Å². The second-order valence-electron chi connectivity index (χ2n) is 9.82. The van der Waals surface area contributed by atoms with Crippen LogP contribution in [0.5, 0.6) is 0 Å². The van der Waals surface area contributed by atoms with Crippen LogP contribution in [0.1, 0.15) is 80.6 Å². The van der Waals surface area contributed by atoms with Gasteiger partial charge < -0.3 is 9.47 Å². The number of methoxy groups -OCH3 is 1. The number of esters is 2. The Morgan fingerprint density at radius 1 is 1.27 bits per heavy atom. The van der Waals surface area contributed by atoms with Crippen molar-refractivity contribution in [3.05, 3.63) is 34.9 Å². The zero-order chi connectivity index (χ0) is 22.7. The van der Waals surface area contributed by atoms with Crippen molar-refractivity contribution >= 4 is 11.9 Å². The van der Waals surface area contributed by atoms with Gasteiger partial charge >= 0.3 is 11.9 Å². The summed E-state index contributed by atoms with van der Waals surface area (Å²) in [6.07, 6.45) is 10.5. The van der Waals surface area contributed by atoms with E-state index < -0.39 is 0 Å². The summed E-state index contributed by atoms with van der Waals surface area (Å²) in [5.41, 5.74) is 3.00. The lowest BCUT2D eigenvalue weighted by Crippen LogP contribution is -2.57. The van der Waals surface area contributed by atoms with Gasteiger partial charge in [-0.25, -0.2) is 9.59 Å². The minimum atomic E-state index is -0.290. The van der Waals surface area contributed by atoms with Crippen LogP contribution in [0.15, 0.2) is 34.9 Å². The van der Waals surface area contributed by atoms with Crippen molar-refractivity contribution < 1.29 is 19.1 Å². The lowest BCUT2D eigenvalue weighted by molar-refractivity contribution is -0.172. The molecule has 4 nitrogen and oxygen atoms in total. The van der Waals surface area contributed by atoms with Crippen LogP contribution >= 0.6 is 0 Å². The number of carbonyl (C=O) groups is 2. The Kier molecular flexibility index (Phi) is 7.76. The Morgan fingerprint density at radius 2 is 1.93 bits per heavy atom. The highest BCUT2D eigenvalue weighted by Crippen LogP contribution is 2.62. The maximum Gasteiger partial charge on any atom is 0.333 e. The molecule has 0 aromatic rings. The van der Waals surface area contributed by atoms with Crippen LogP contribution in [0.3, 0.4) is 0 Å². The Balaban J connectivity index is 2.34.